The Hall–Kier alpha value is -3.03. The van der Waals surface area contributed by atoms with Crippen LogP contribution in [-0.2, 0) is 0 Å². The average Bonchev–Trinajstić information content (AvgIpc) is 2.97. The van der Waals surface area contributed by atoms with E-state index in [1.54, 1.807) is 16.5 Å². The Balaban J connectivity index is 1.63. The van der Waals surface area contributed by atoms with Gasteiger partial charge in [-0.1, -0.05) is 12.1 Å². The van der Waals surface area contributed by atoms with Crippen LogP contribution in [0.25, 0.3) is 5.78 Å². The number of hydrogen-bond donors (Lipinski definition) is 1. The largest absolute Gasteiger partial charge is 0.489 e. The number of carbonyl (C=O) groups is 1. The van der Waals surface area contributed by atoms with Crippen LogP contribution >= 0.6 is 0 Å². The zero-order chi connectivity index (χ0) is 17.1. The van der Waals surface area contributed by atoms with Crippen LogP contribution in [0, 0.1) is 19.7 Å². The Morgan fingerprint density at radius 2 is 2.08 bits per heavy atom. The zero-order valence-electron chi connectivity index (χ0n) is 13.3. The minimum Gasteiger partial charge on any atom is -0.489 e. The van der Waals surface area contributed by atoms with Gasteiger partial charge in [0.05, 0.1) is 6.54 Å². The summed E-state index contributed by atoms with van der Waals surface area (Å²) in [6.45, 7) is 4.05. The van der Waals surface area contributed by atoms with Crippen LogP contribution in [-0.4, -0.2) is 38.6 Å². The second-order valence-corrected chi connectivity index (χ2v) is 5.23. The highest BCUT2D eigenvalue weighted by Crippen LogP contribution is 2.14. The van der Waals surface area contributed by atoms with Crippen LogP contribution in [0.3, 0.4) is 0 Å². The van der Waals surface area contributed by atoms with Crippen LogP contribution in [0.1, 0.15) is 22.0 Å². The van der Waals surface area contributed by atoms with Gasteiger partial charge in [-0.05, 0) is 32.0 Å². The van der Waals surface area contributed by atoms with Gasteiger partial charge in [-0.15, -0.1) is 10.2 Å². The lowest BCUT2D eigenvalue weighted by Crippen LogP contribution is -2.30. The molecule has 24 heavy (non-hydrogen) atoms. The van der Waals surface area contributed by atoms with Crippen molar-refractivity contribution in [3.8, 4) is 5.75 Å². The first-order chi connectivity index (χ1) is 11.6. The number of nitrogens with one attached hydrogen (secondary N) is 1. The Labute approximate surface area is 137 Å². The zero-order valence-corrected chi connectivity index (χ0v) is 13.3. The molecule has 0 spiro atoms. The maximum absolute atomic E-state index is 13.4. The standard InChI is InChI=1S/C16H16FN5O2/c1-10-9-11(2)22-14(20-21-16(22)19-10)15(23)18-7-8-24-13-6-4-3-5-12(13)17/h3-6,9H,7-8H2,1-2H3,(H,18,23). The summed E-state index contributed by atoms with van der Waals surface area (Å²) >= 11 is 0. The van der Waals surface area contributed by atoms with Crippen molar-refractivity contribution < 1.29 is 13.9 Å². The molecule has 0 fully saturated rings. The number of nitrogens with zero attached hydrogens (tertiary/aromatic N) is 4. The average molecular weight is 329 g/mol. The van der Waals surface area contributed by atoms with Gasteiger partial charge in [0.15, 0.2) is 11.6 Å². The lowest BCUT2D eigenvalue weighted by molar-refractivity contribution is 0.0935. The monoisotopic (exact) mass is 329 g/mol. The van der Waals surface area contributed by atoms with Crippen LogP contribution in [0.15, 0.2) is 30.3 Å². The molecule has 0 unspecified atom stereocenters. The van der Waals surface area contributed by atoms with Crippen molar-refractivity contribution >= 4 is 11.7 Å². The number of aryl methyl sites for hydroxylation is 2. The minimum atomic E-state index is -0.440. The molecule has 3 rings (SSSR count). The molecule has 7 nitrogen and oxygen atoms in total. The maximum atomic E-state index is 13.4. The first kappa shape index (κ1) is 15.9. The first-order valence-corrected chi connectivity index (χ1v) is 7.41. The molecule has 8 heteroatoms. The summed E-state index contributed by atoms with van der Waals surface area (Å²) in [5.74, 6) is -0.158. The fraction of sp³-hybridized carbons (Fsp3) is 0.250. The van der Waals surface area contributed by atoms with Gasteiger partial charge in [0.2, 0.25) is 5.82 Å². The summed E-state index contributed by atoms with van der Waals surface area (Å²) in [6.07, 6.45) is 0. The van der Waals surface area contributed by atoms with Crippen molar-refractivity contribution in [1.82, 2.24) is 24.9 Å². The third-order valence-corrected chi connectivity index (χ3v) is 3.38. The molecule has 124 valence electrons. The Morgan fingerprint density at radius 1 is 1.29 bits per heavy atom. The molecule has 2 aromatic heterocycles. The molecule has 3 aromatic rings. The number of para-hydroxylation sites is 1. The van der Waals surface area contributed by atoms with Crippen molar-refractivity contribution in [3.05, 3.63) is 53.4 Å². The lowest BCUT2D eigenvalue weighted by atomic mass is 10.3. The number of benzene rings is 1. The molecule has 1 N–H and O–H groups in total. The highest BCUT2D eigenvalue weighted by atomic mass is 19.1. The molecule has 0 aliphatic carbocycles. The first-order valence-electron chi connectivity index (χ1n) is 7.41. The van der Waals surface area contributed by atoms with Gasteiger partial charge >= 0.3 is 0 Å². The summed E-state index contributed by atoms with van der Waals surface area (Å²) in [4.78, 5) is 16.5. The van der Waals surface area contributed by atoms with E-state index in [9.17, 15) is 9.18 Å². The summed E-state index contributed by atoms with van der Waals surface area (Å²) in [7, 11) is 0. The topological polar surface area (TPSA) is 81.4 Å². The quantitative estimate of drug-likeness (QED) is 0.720. The van der Waals surface area contributed by atoms with E-state index in [4.69, 9.17) is 4.74 Å². The molecule has 0 saturated carbocycles. The van der Waals surface area contributed by atoms with Crippen molar-refractivity contribution in [2.75, 3.05) is 13.2 Å². The van der Waals surface area contributed by atoms with Crippen LogP contribution < -0.4 is 10.1 Å². The van der Waals surface area contributed by atoms with E-state index in [2.05, 4.69) is 20.5 Å². The van der Waals surface area contributed by atoms with Crippen molar-refractivity contribution in [3.63, 3.8) is 0 Å². The Kier molecular flexibility index (Phi) is 4.37. The van der Waals surface area contributed by atoms with E-state index in [0.717, 1.165) is 11.4 Å². The Bertz CT molecular complexity index is 893. The van der Waals surface area contributed by atoms with Gasteiger partial charge in [-0.25, -0.2) is 9.37 Å². The number of ether oxygens (including phenoxy) is 1. The highest BCUT2D eigenvalue weighted by molar-refractivity contribution is 5.91. The number of hydrogen-bond acceptors (Lipinski definition) is 5. The molecular weight excluding hydrogens is 313 g/mol. The summed E-state index contributed by atoms with van der Waals surface area (Å²) < 4.78 is 20.3. The predicted octanol–water partition coefficient (Wildman–Crippen LogP) is 1.69. The molecule has 0 aliphatic heterocycles. The molecule has 0 atom stereocenters. The normalized spacial score (nSPS) is 10.8. The Morgan fingerprint density at radius 3 is 2.88 bits per heavy atom. The van der Waals surface area contributed by atoms with Crippen molar-refractivity contribution in [2.45, 2.75) is 13.8 Å². The van der Waals surface area contributed by atoms with Crippen molar-refractivity contribution in [2.24, 2.45) is 0 Å². The summed E-state index contributed by atoms with van der Waals surface area (Å²) in [5.41, 5.74) is 1.62. The minimum absolute atomic E-state index is 0.139. The van der Waals surface area contributed by atoms with Crippen LogP contribution in [0.4, 0.5) is 4.39 Å². The fourth-order valence-corrected chi connectivity index (χ4v) is 2.34. The van der Waals surface area contributed by atoms with Gasteiger partial charge in [0.1, 0.15) is 6.61 Å². The molecule has 0 bridgehead atoms. The SMILES string of the molecule is Cc1cc(C)n2c(C(=O)NCCOc3ccccc3F)nnc2n1. The molecule has 1 aromatic carbocycles. The smallest absolute Gasteiger partial charge is 0.289 e. The van der Waals surface area contributed by atoms with E-state index in [0.29, 0.717) is 5.78 Å². The molecule has 2 heterocycles. The molecule has 0 saturated heterocycles. The number of aromatic nitrogens is 4. The number of fused-ring (bicyclic) bond motifs is 1. The van der Waals surface area contributed by atoms with Gasteiger partial charge in [-0.3, -0.25) is 9.20 Å². The fourth-order valence-electron chi connectivity index (χ4n) is 2.34. The van der Waals surface area contributed by atoms with E-state index in [-0.39, 0.29) is 24.7 Å². The highest BCUT2D eigenvalue weighted by Gasteiger charge is 2.16. The van der Waals surface area contributed by atoms with Gasteiger partial charge in [-0.2, -0.15) is 0 Å². The van der Waals surface area contributed by atoms with E-state index >= 15 is 0 Å². The number of carbonyl (C=O) groups excluding carboxylic acids is 1. The lowest BCUT2D eigenvalue weighted by Gasteiger charge is -2.08. The second kappa shape index (κ2) is 6.61. The van der Waals surface area contributed by atoms with Crippen molar-refractivity contribution in [1.29, 1.82) is 0 Å². The van der Waals surface area contributed by atoms with Gasteiger partial charge in [0, 0.05) is 11.4 Å². The third-order valence-electron chi connectivity index (χ3n) is 3.38. The molecular formula is C16H16FN5O2. The number of halogens is 1. The van der Waals surface area contributed by atoms with E-state index in [1.165, 1.54) is 12.1 Å². The van der Waals surface area contributed by atoms with Crippen LogP contribution in [0.2, 0.25) is 0 Å². The summed E-state index contributed by atoms with van der Waals surface area (Å²) in [6, 6.07) is 7.94. The van der Waals surface area contributed by atoms with Gasteiger partial charge in [0.25, 0.3) is 11.7 Å². The molecule has 0 radical (unpaired) electrons. The number of amides is 1. The molecule has 0 aliphatic rings. The van der Waals surface area contributed by atoms with E-state index < -0.39 is 11.7 Å². The third kappa shape index (κ3) is 3.17. The van der Waals surface area contributed by atoms with Crippen LogP contribution in [0.5, 0.6) is 5.75 Å². The van der Waals surface area contributed by atoms with E-state index in [1.807, 2.05) is 19.9 Å². The number of rotatable bonds is 5. The second-order valence-electron chi connectivity index (χ2n) is 5.23. The van der Waals surface area contributed by atoms with Gasteiger partial charge < -0.3 is 10.1 Å². The maximum Gasteiger partial charge on any atom is 0.289 e. The summed E-state index contributed by atoms with van der Waals surface area (Å²) in [5, 5.41) is 10.5. The molecule has 1 amide bonds. The predicted molar refractivity (Wildman–Crippen MR) is 84.5 cm³/mol.